The summed E-state index contributed by atoms with van der Waals surface area (Å²) in [4.78, 5) is 4.99. The van der Waals surface area contributed by atoms with Crippen LogP contribution in [0.4, 0.5) is 34.1 Å². The van der Waals surface area contributed by atoms with E-state index < -0.39 is 0 Å². The molecule has 0 radical (unpaired) electrons. The number of hydrogen-bond donors (Lipinski definition) is 0. The van der Waals surface area contributed by atoms with Crippen molar-refractivity contribution in [3.8, 4) is 0 Å². The van der Waals surface area contributed by atoms with Crippen molar-refractivity contribution in [1.82, 2.24) is 8.80 Å². The van der Waals surface area contributed by atoms with Gasteiger partial charge in [-0.05, 0) is 157 Å². The van der Waals surface area contributed by atoms with Crippen LogP contribution in [0.1, 0.15) is 74.9 Å². The molecule has 4 heterocycles. The minimum absolute atomic E-state index is 0.0228. The van der Waals surface area contributed by atoms with Crippen LogP contribution in [0.15, 0.2) is 170 Å². The molecular formula is C66H58N4. The Kier molecular flexibility index (Phi) is 8.97. The van der Waals surface area contributed by atoms with Gasteiger partial charge in [0.1, 0.15) is 0 Å². The lowest BCUT2D eigenvalue weighted by molar-refractivity contribution is 0.591. The highest BCUT2D eigenvalue weighted by atomic mass is 15.2. The van der Waals surface area contributed by atoms with E-state index >= 15 is 0 Å². The fraction of sp³-hybridized carbons (Fsp3) is 0.182. The van der Waals surface area contributed by atoms with Crippen LogP contribution >= 0.6 is 0 Å². The maximum Gasteiger partial charge on any atom is 0.0641 e. The van der Waals surface area contributed by atoms with Gasteiger partial charge in [0.25, 0.3) is 0 Å². The quantitative estimate of drug-likeness (QED) is 0.165. The third kappa shape index (κ3) is 6.08. The first-order valence-electron chi connectivity index (χ1n) is 24.9. The maximum absolute atomic E-state index is 2.59. The van der Waals surface area contributed by atoms with Gasteiger partial charge in [0, 0.05) is 65.8 Å². The van der Waals surface area contributed by atoms with Gasteiger partial charge in [-0.15, -0.1) is 0 Å². The van der Waals surface area contributed by atoms with Crippen molar-refractivity contribution in [2.45, 2.75) is 80.1 Å². The molecule has 0 saturated heterocycles. The van der Waals surface area contributed by atoms with Gasteiger partial charge in [0.15, 0.2) is 0 Å². The van der Waals surface area contributed by atoms with Crippen molar-refractivity contribution in [2.24, 2.45) is 0 Å². The summed E-state index contributed by atoms with van der Waals surface area (Å²) in [6.07, 6.45) is 0. The van der Waals surface area contributed by atoms with Gasteiger partial charge < -0.3 is 18.6 Å². The van der Waals surface area contributed by atoms with Gasteiger partial charge in [0.2, 0.25) is 0 Å². The summed E-state index contributed by atoms with van der Waals surface area (Å²) in [6.45, 7) is 22.8. The third-order valence-corrected chi connectivity index (χ3v) is 15.4. The molecule has 0 aliphatic heterocycles. The third-order valence-electron chi connectivity index (χ3n) is 15.4. The summed E-state index contributed by atoms with van der Waals surface area (Å²) in [5, 5.41) is 10.2. The number of anilines is 6. The molecule has 4 nitrogen and oxygen atoms in total. The molecule has 342 valence electrons. The molecule has 0 aliphatic carbocycles. The first-order valence-corrected chi connectivity index (χ1v) is 24.9. The van der Waals surface area contributed by atoms with Crippen molar-refractivity contribution in [3.05, 3.63) is 203 Å². The normalized spacial score (nSPS) is 12.7. The summed E-state index contributed by atoms with van der Waals surface area (Å²) in [5.41, 5.74) is 22.1. The van der Waals surface area contributed by atoms with Crippen LogP contribution < -0.4 is 9.80 Å². The fourth-order valence-electron chi connectivity index (χ4n) is 11.8. The van der Waals surface area contributed by atoms with E-state index in [1.807, 2.05) is 0 Å². The van der Waals surface area contributed by atoms with Gasteiger partial charge in [-0.3, -0.25) is 0 Å². The van der Waals surface area contributed by atoms with Crippen LogP contribution in [-0.4, -0.2) is 8.80 Å². The molecule has 70 heavy (non-hydrogen) atoms. The molecule has 9 aromatic carbocycles. The highest BCUT2D eigenvalue weighted by Crippen LogP contribution is 2.52. The topological polar surface area (TPSA) is 15.3 Å². The minimum atomic E-state index is -0.0228. The molecule has 13 rings (SSSR count). The van der Waals surface area contributed by atoms with E-state index in [9.17, 15) is 0 Å². The van der Waals surface area contributed by atoms with Crippen molar-refractivity contribution in [3.63, 3.8) is 0 Å². The van der Waals surface area contributed by atoms with Gasteiger partial charge in [-0.25, -0.2) is 0 Å². The first kappa shape index (κ1) is 42.3. The average Bonchev–Trinajstić information content (AvgIpc) is 4.07. The standard InChI is InChI=1S/C66H58N4/c1-39-21-23-41(3)57(33-39)67(45-17-13-11-14-18-45)55-31-27-47-49-37-60-50(38-59(49)69-53-29-25-43(65(5,6)7)35-51(53)61(55)63(47)69)48-28-32-56(62-52-36-44(66(8,9)10)26-30-54(52)70(60)64(48)62)68(46-19-15-12-16-20-46)58-34-40(2)22-24-42(58)4/h11-38H,1-10H3. The SMILES string of the molecule is Cc1ccc(C)c(N(c2ccccc2)c2ccc3c4cc5c(cc4n4c6ccc(C(C)(C)C)cc6c2c34)c2ccc(N(c3ccccc3)c3cc(C)ccc3C)c3c4cc(C(C)(C)C)ccc4n5c23)c1. The molecule has 0 aliphatic rings. The average molecular weight is 907 g/mol. The van der Waals surface area contributed by atoms with Crippen LogP contribution in [-0.2, 0) is 10.8 Å². The van der Waals surface area contributed by atoms with E-state index in [1.165, 1.54) is 132 Å². The maximum atomic E-state index is 2.59. The second-order valence-corrected chi connectivity index (χ2v) is 22.2. The molecule has 0 saturated carbocycles. The monoisotopic (exact) mass is 906 g/mol. The lowest BCUT2D eigenvalue weighted by Gasteiger charge is -2.28. The van der Waals surface area contributed by atoms with Crippen LogP contribution in [0.2, 0.25) is 0 Å². The van der Waals surface area contributed by atoms with Crippen LogP contribution in [0.3, 0.4) is 0 Å². The Labute approximate surface area is 410 Å². The lowest BCUT2D eigenvalue weighted by Crippen LogP contribution is -2.12. The molecule has 0 unspecified atom stereocenters. The van der Waals surface area contributed by atoms with E-state index in [2.05, 4.69) is 258 Å². The molecule has 0 fully saturated rings. The summed E-state index contributed by atoms with van der Waals surface area (Å²) in [6, 6.07) is 64.6. The Balaban J connectivity index is 1.17. The van der Waals surface area contributed by atoms with Crippen LogP contribution in [0.25, 0.3) is 76.2 Å². The predicted octanol–water partition coefficient (Wildman–Crippen LogP) is 18.8. The highest BCUT2D eigenvalue weighted by molar-refractivity contribution is 6.32. The Bertz CT molecular complexity index is 3960. The molecule has 0 N–H and O–H groups in total. The van der Waals surface area contributed by atoms with Gasteiger partial charge in [-0.1, -0.05) is 126 Å². The zero-order valence-electron chi connectivity index (χ0n) is 42.0. The number of para-hydroxylation sites is 2. The second kappa shape index (κ2) is 14.8. The van der Waals surface area contributed by atoms with E-state index in [-0.39, 0.29) is 10.8 Å². The molecule has 0 spiro atoms. The second-order valence-electron chi connectivity index (χ2n) is 22.2. The largest absolute Gasteiger partial charge is 0.310 e. The molecule has 0 atom stereocenters. The van der Waals surface area contributed by atoms with Crippen LogP contribution in [0, 0.1) is 27.7 Å². The molecule has 0 bridgehead atoms. The van der Waals surface area contributed by atoms with E-state index in [4.69, 9.17) is 0 Å². The van der Waals surface area contributed by atoms with Gasteiger partial charge in [0.05, 0.1) is 44.5 Å². The summed E-state index contributed by atoms with van der Waals surface area (Å²) in [5.74, 6) is 0. The first-order chi connectivity index (χ1) is 33.7. The lowest BCUT2D eigenvalue weighted by atomic mass is 9.86. The number of aromatic nitrogens is 2. The Morgan fingerprint density at radius 3 is 1.11 bits per heavy atom. The van der Waals surface area contributed by atoms with E-state index in [0.29, 0.717) is 0 Å². The van der Waals surface area contributed by atoms with Crippen molar-refractivity contribution < 1.29 is 0 Å². The summed E-state index contributed by atoms with van der Waals surface area (Å²) >= 11 is 0. The smallest absolute Gasteiger partial charge is 0.0641 e. The molecule has 4 heteroatoms. The minimum Gasteiger partial charge on any atom is -0.310 e. The Morgan fingerprint density at radius 1 is 0.329 bits per heavy atom. The summed E-state index contributed by atoms with van der Waals surface area (Å²) in [7, 11) is 0. The molecule has 13 aromatic rings. The fourth-order valence-corrected chi connectivity index (χ4v) is 11.8. The number of hydrogen-bond acceptors (Lipinski definition) is 2. The molecule has 0 amide bonds. The number of aryl methyl sites for hydroxylation is 4. The van der Waals surface area contributed by atoms with Gasteiger partial charge in [-0.2, -0.15) is 0 Å². The van der Waals surface area contributed by atoms with E-state index in [0.717, 1.165) is 11.4 Å². The Hall–Kier alpha value is -7.82. The van der Waals surface area contributed by atoms with Gasteiger partial charge >= 0.3 is 0 Å². The Morgan fingerprint density at radius 2 is 0.729 bits per heavy atom. The van der Waals surface area contributed by atoms with Crippen molar-refractivity contribution in [1.29, 1.82) is 0 Å². The summed E-state index contributed by atoms with van der Waals surface area (Å²) < 4.78 is 5.17. The zero-order chi connectivity index (χ0) is 48.1. The molecule has 4 aromatic heterocycles. The number of rotatable bonds is 6. The number of nitrogens with zero attached hydrogens (tertiary/aromatic N) is 4. The predicted molar refractivity (Wildman–Crippen MR) is 301 cm³/mol. The number of benzene rings is 9. The van der Waals surface area contributed by atoms with Crippen LogP contribution in [0.5, 0.6) is 0 Å². The number of fused-ring (bicyclic) bond motifs is 12. The van der Waals surface area contributed by atoms with Crippen molar-refractivity contribution in [2.75, 3.05) is 9.80 Å². The molecular weight excluding hydrogens is 849 g/mol. The van der Waals surface area contributed by atoms with Crippen molar-refractivity contribution >= 4 is 110 Å². The highest BCUT2D eigenvalue weighted by Gasteiger charge is 2.30. The zero-order valence-corrected chi connectivity index (χ0v) is 42.0. The van der Waals surface area contributed by atoms with E-state index in [1.54, 1.807) is 0 Å².